The first-order chi connectivity index (χ1) is 7.83. The van der Waals surface area contributed by atoms with E-state index in [9.17, 15) is 5.02 Å². The molecule has 1 aromatic carbocycles. The molecule has 0 saturated carbocycles. The van der Waals surface area contributed by atoms with Crippen LogP contribution in [-0.4, -0.2) is 25.6 Å². The molecule has 16 heavy (non-hydrogen) atoms. The summed E-state index contributed by atoms with van der Waals surface area (Å²) in [4.78, 5) is 0. The molecule has 0 heterocycles. The molecule has 0 fully saturated rings. The van der Waals surface area contributed by atoms with Crippen molar-refractivity contribution >= 4 is 7.32 Å². The van der Waals surface area contributed by atoms with E-state index in [1.807, 2.05) is 30.3 Å². The molecule has 0 aliphatic carbocycles. The Kier molecular flexibility index (Phi) is 6.89. The third-order valence-corrected chi connectivity index (χ3v) is 2.25. The van der Waals surface area contributed by atoms with Gasteiger partial charge < -0.3 is 14.3 Å². The van der Waals surface area contributed by atoms with Gasteiger partial charge >= 0.3 is 7.32 Å². The third-order valence-electron chi connectivity index (χ3n) is 2.25. The molecule has 4 heteroatoms. The Balaban J connectivity index is 2.06. The van der Waals surface area contributed by atoms with Crippen LogP contribution in [0.2, 0.25) is 0 Å². The van der Waals surface area contributed by atoms with E-state index in [1.165, 1.54) is 5.56 Å². The molecule has 0 atom stereocenters. The summed E-state index contributed by atoms with van der Waals surface area (Å²) < 4.78 is 10.2. The highest BCUT2D eigenvalue weighted by Crippen LogP contribution is 2.00. The molecule has 0 bridgehead atoms. The van der Waals surface area contributed by atoms with Gasteiger partial charge in [0.1, 0.15) is 0 Å². The lowest BCUT2D eigenvalue weighted by Crippen LogP contribution is -2.24. The molecular formula is C12H19BO3. The van der Waals surface area contributed by atoms with E-state index in [0.29, 0.717) is 13.2 Å². The van der Waals surface area contributed by atoms with E-state index in [0.717, 1.165) is 19.3 Å². The Morgan fingerprint density at radius 1 is 1.12 bits per heavy atom. The largest absolute Gasteiger partial charge is 0.636 e. The third kappa shape index (κ3) is 5.90. The van der Waals surface area contributed by atoms with Gasteiger partial charge in [-0.3, -0.25) is 0 Å². The molecule has 88 valence electrons. The van der Waals surface area contributed by atoms with Gasteiger partial charge in [-0.25, -0.2) is 0 Å². The van der Waals surface area contributed by atoms with E-state index in [-0.39, 0.29) is 0 Å². The van der Waals surface area contributed by atoms with E-state index in [4.69, 9.17) is 9.31 Å². The smallest absolute Gasteiger partial charge is 0.402 e. The number of hydrogen-bond donors (Lipinski definition) is 1. The number of unbranched alkanes of at least 4 members (excludes halogenated alkanes) is 1. The van der Waals surface area contributed by atoms with Crippen LogP contribution in [0.3, 0.4) is 0 Å². The van der Waals surface area contributed by atoms with Gasteiger partial charge in [-0.2, -0.15) is 0 Å². The molecule has 1 N–H and O–H groups in total. The molecule has 1 rings (SSSR count). The summed E-state index contributed by atoms with van der Waals surface area (Å²) in [7, 11) is -1.09. The zero-order valence-corrected chi connectivity index (χ0v) is 9.76. The van der Waals surface area contributed by atoms with Crippen LogP contribution in [-0.2, 0) is 15.7 Å². The Bertz CT molecular complexity index is 266. The lowest BCUT2D eigenvalue weighted by atomic mass is 10.1. The van der Waals surface area contributed by atoms with E-state index in [2.05, 4.69) is 6.92 Å². The van der Waals surface area contributed by atoms with Crippen molar-refractivity contribution in [3.05, 3.63) is 35.9 Å². The Labute approximate surface area is 97.6 Å². The summed E-state index contributed by atoms with van der Waals surface area (Å²) in [5, 5.41) is 9.31. The molecule has 0 radical (unpaired) electrons. The molecule has 0 amide bonds. The first-order valence-electron chi connectivity index (χ1n) is 5.78. The van der Waals surface area contributed by atoms with Crippen LogP contribution in [0.4, 0.5) is 0 Å². The molecule has 0 unspecified atom stereocenters. The quantitative estimate of drug-likeness (QED) is 0.540. The maximum atomic E-state index is 9.31. The van der Waals surface area contributed by atoms with Crippen LogP contribution in [0.5, 0.6) is 0 Å². The maximum Gasteiger partial charge on any atom is 0.636 e. The van der Waals surface area contributed by atoms with Crippen LogP contribution < -0.4 is 0 Å². The van der Waals surface area contributed by atoms with Gasteiger partial charge in [0.2, 0.25) is 0 Å². The van der Waals surface area contributed by atoms with Gasteiger partial charge in [-0.05, 0) is 18.4 Å². The van der Waals surface area contributed by atoms with Crippen molar-refractivity contribution in [2.75, 3.05) is 13.2 Å². The van der Waals surface area contributed by atoms with Crippen LogP contribution in [0, 0.1) is 0 Å². The summed E-state index contributed by atoms with van der Waals surface area (Å²) in [5.41, 5.74) is 1.20. The minimum atomic E-state index is -1.09. The average Bonchev–Trinajstić information content (AvgIpc) is 2.31. The van der Waals surface area contributed by atoms with E-state index in [1.54, 1.807) is 0 Å². The molecular weight excluding hydrogens is 203 g/mol. The Morgan fingerprint density at radius 2 is 1.81 bits per heavy atom. The number of benzene rings is 1. The first kappa shape index (κ1) is 13.2. The van der Waals surface area contributed by atoms with Crippen molar-refractivity contribution in [2.24, 2.45) is 0 Å². The highest BCUT2D eigenvalue weighted by atomic mass is 16.7. The number of hydrogen-bond acceptors (Lipinski definition) is 3. The van der Waals surface area contributed by atoms with Gasteiger partial charge in [0.05, 0.1) is 0 Å². The fourth-order valence-electron chi connectivity index (χ4n) is 1.30. The fraction of sp³-hybridized carbons (Fsp3) is 0.500. The minimum absolute atomic E-state index is 0.470. The second-order valence-electron chi connectivity index (χ2n) is 3.64. The Hall–Kier alpha value is -0.835. The monoisotopic (exact) mass is 222 g/mol. The van der Waals surface area contributed by atoms with Crippen LogP contribution in [0.15, 0.2) is 30.3 Å². The summed E-state index contributed by atoms with van der Waals surface area (Å²) in [6.07, 6.45) is 2.78. The van der Waals surface area contributed by atoms with Crippen molar-refractivity contribution in [1.82, 2.24) is 0 Å². The average molecular weight is 222 g/mol. The molecule has 0 saturated heterocycles. The zero-order chi connectivity index (χ0) is 11.6. The molecule has 0 aliphatic rings. The highest BCUT2D eigenvalue weighted by Gasteiger charge is 2.14. The molecule has 0 aliphatic heterocycles. The lowest BCUT2D eigenvalue weighted by Gasteiger charge is -2.08. The summed E-state index contributed by atoms with van der Waals surface area (Å²) >= 11 is 0. The highest BCUT2D eigenvalue weighted by molar-refractivity contribution is 6.34. The van der Waals surface area contributed by atoms with Crippen molar-refractivity contribution < 1.29 is 14.3 Å². The summed E-state index contributed by atoms with van der Waals surface area (Å²) in [5.74, 6) is 0. The van der Waals surface area contributed by atoms with Gasteiger partial charge in [0.25, 0.3) is 0 Å². The topological polar surface area (TPSA) is 38.7 Å². The van der Waals surface area contributed by atoms with Gasteiger partial charge in [0, 0.05) is 13.2 Å². The van der Waals surface area contributed by atoms with Crippen LogP contribution >= 0.6 is 0 Å². The first-order valence-corrected chi connectivity index (χ1v) is 5.78. The maximum absolute atomic E-state index is 9.31. The number of rotatable bonds is 8. The van der Waals surface area contributed by atoms with E-state index < -0.39 is 7.32 Å². The van der Waals surface area contributed by atoms with Crippen molar-refractivity contribution in [2.45, 2.75) is 26.2 Å². The normalized spacial score (nSPS) is 10.4. The van der Waals surface area contributed by atoms with Crippen LogP contribution in [0.1, 0.15) is 25.3 Å². The molecule has 3 nitrogen and oxygen atoms in total. The van der Waals surface area contributed by atoms with Crippen molar-refractivity contribution in [3.8, 4) is 0 Å². The van der Waals surface area contributed by atoms with Gasteiger partial charge in [-0.1, -0.05) is 43.7 Å². The fourth-order valence-corrected chi connectivity index (χ4v) is 1.30. The predicted octanol–water partition coefficient (Wildman–Crippen LogP) is 2.04. The predicted molar refractivity (Wildman–Crippen MR) is 64.9 cm³/mol. The second kappa shape index (κ2) is 8.33. The minimum Gasteiger partial charge on any atom is -0.402 e. The van der Waals surface area contributed by atoms with Gasteiger partial charge in [0.15, 0.2) is 0 Å². The second-order valence-corrected chi connectivity index (χ2v) is 3.64. The molecule has 0 spiro atoms. The van der Waals surface area contributed by atoms with Crippen LogP contribution in [0.25, 0.3) is 0 Å². The van der Waals surface area contributed by atoms with Gasteiger partial charge in [-0.15, -0.1) is 0 Å². The zero-order valence-electron chi connectivity index (χ0n) is 9.76. The summed E-state index contributed by atoms with van der Waals surface area (Å²) in [6.45, 7) is 3.09. The van der Waals surface area contributed by atoms with E-state index >= 15 is 0 Å². The summed E-state index contributed by atoms with van der Waals surface area (Å²) in [6, 6.07) is 10.0. The lowest BCUT2D eigenvalue weighted by molar-refractivity contribution is 0.133. The molecule has 0 aromatic heterocycles. The van der Waals surface area contributed by atoms with Crippen molar-refractivity contribution in [1.29, 1.82) is 0 Å². The standard InChI is InChI=1S/C12H19BO3/c1-2-3-10-15-13(14)16-11-9-12-7-5-4-6-8-12/h4-8,14H,2-3,9-11H2,1H3. The molecule has 1 aromatic rings. The van der Waals surface area contributed by atoms with Crippen molar-refractivity contribution in [3.63, 3.8) is 0 Å². The SMILES string of the molecule is CCCCOB(O)OCCc1ccccc1. The Morgan fingerprint density at radius 3 is 2.50 bits per heavy atom.